The minimum Gasteiger partial charge on any atom is -0.263 e. The molecule has 2 nitrogen and oxygen atoms in total. The van der Waals surface area contributed by atoms with Gasteiger partial charge in [0, 0.05) is 6.54 Å². The van der Waals surface area contributed by atoms with E-state index in [9.17, 15) is 0 Å². The molecule has 0 radical (unpaired) electrons. The molecule has 0 aromatic carbocycles. The van der Waals surface area contributed by atoms with Crippen molar-refractivity contribution in [2.75, 3.05) is 13.6 Å². The maximum Gasteiger partial charge on any atom is 0.0794 e. The van der Waals surface area contributed by atoms with Gasteiger partial charge in [-0.2, -0.15) is 0 Å². The molecule has 14 heavy (non-hydrogen) atoms. The van der Waals surface area contributed by atoms with Crippen molar-refractivity contribution in [3.05, 3.63) is 0 Å². The van der Waals surface area contributed by atoms with Crippen LogP contribution in [0.3, 0.4) is 0 Å². The quantitative estimate of drug-likeness (QED) is 0.276. The Bertz CT molecular complexity index is 121. The van der Waals surface area contributed by atoms with Gasteiger partial charge < -0.3 is 0 Å². The Morgan fingerprint density at radius 1 is 1.29 bits per heavy atom. The normalized spacial score (nSPS) is 13.5. The lowest BCUT2D eigenvalue weighted by molar-refractivity contribution is 0.488. The molecule has 86 valence electrons. The van der Waals surface area contributed by atoms with E-state index in [-0.39, 0.29) is 0 Å². The third kappa shape index (κ3) is 7.97. The molecule has 0 saturated heterocycles. The van der Waals surface area contributed by atoms with E-state index >= 15 is 0 Å². The summed E-state index contributed by atoms with van der Waals surface area (Å²) in [6.45, 7) is 5.54. The fourth-order valence-electron chi connectivity index (χ4n) is 1.10. The molecule has 0 spiro atoms. The Balaban J connectivity index is 3.52. The van der Waals surface area contributed by atoms with Gasteiger partial charge in [0.1, 0.15) is 0 Å². The number of rotatable bonds is 9. The molecule has 0 bridgehead atoms. The lowest BCUT2D eigenvalue weighted by Gasteiger charge is -2.22. The summed E-state index contributed by atoms with van der Waals surface area (Å²) >= 11 is 6.17. The highest BCUT2D eigenvalue weighted by Gasteiger charge is 2.11. The second kappa shape index (κ2) is 10.1. The molecule has 0 rings (SSSR count). The Kier molecular flexibility index (Phi) is 10.6. The summed E-state index contributed by atoms with van der Waals surface area (Å²) in [5.41, 5.74) is 0. The number of nitrogens with zero attached hydrogens (tertiary/aromatic N) is 1. The number of nitrogens with one attached hydrogen (secondary N) is 1. The van der Waals surface area contributed by atoms with E-state index in [2.05, 4.69) is 31.4 Å². The van der Waals surface area contributed by atoms with Gasteiger partial charge in [-0.1, -0.05) is 57.9 Å². The van der Waals surface area contributed by atoms with E-state index in [0.29, 0.717) is 5.37 Å². The number of hydrogen-bond acceptors (Lipinski definition) is 4. The Labute approximate surface area is 98.9 Å². The van der Waals surface area contributed by atoms with E-state index in [1.54, 1.807) is 0 Å². The minimum absolute atomic E-state index is 0.495. The third-order valence-corrected chi connectivity index (χ3v) is 3.70. The van der Waals surface area contributed by atoms with Crippen LogP contribution in [0.1, 0.15) is 46.0 Å². The van der Waals surface area contributed by atoms with Gasteiger partial charge in [0.25, 0.3) is 0 Å². The van der Waals surface area contributed by atoms with Gasteiger partial charge in [-0.15, -0.1) is 0 Å². The zero-order valence-corrected chi connectivity index (χ0v) is 11.3. The van der Waals surface area contributed by atoms with Crippen LogP contribution in [-0.4, -0.2) is 23.3 Å². The van der Waals surface area contributed by atoms with E-state index in [1.165, 1.54) is 32.1 Å². The van der Waals surface area contributed by atoms with Gasteiger partial charge in [0.15, 0.2) is 0 Å². The highest BCUT2D eigenvalue weighted by molar-refractivity contribution is 7.98. The van der Waals surface area contributed by atoms with Crippen molar-refractivity contribution in [2.45, 2.75) is 51.3 Å². The second-order valence-corrected chi connectivity index (χ2v) is 5.24. The molecule has 1 atom stereocenters. The minimum atomic E-state index is 0.495. The lowest BCUT2D eigenvalue weighted by Crippen LogP contribution is -2.24. The molecule has 0 saturated carbocycles. The van der Waals surface area contributed by atoms with Crippen LogP contribution in [0.2, 0.25) is 0 Å². The summed E-state index contributed by atoms with van der Waals surface area (Å²) in [5.74, 6) is 0. The number of unbranched alkanes of at least 4 members (excludes halogenated alkanes) is 2. The molecule has 4 heteroatoms. The van der Waals surface area contributed by atoms with E-state index in [4.69, 9.17) is 0 Å². The molecule has 1 N–H and O–H groups in total. The molecule has 1 unspecified atom stereocenters. The lowest BCUT2D eigenvalue weighted by atomic mass is 10.2. The monoisotopic (exact) mass is 236 g/mol. The Hall–Kier alpha value is 0.620. The van der Waals surface area contributed by atoms with Gasteiger partial charge in [0.2, 0.25) is 0 Å². The largest absolute Gasteiger partial charge is 0.263 e. The summed E-state index contributed by atoms with van der Waals surface area (Å²) in [5, 5.41) is 0.495. The molecule has 0 heterocycles. The molecule has 0 aromatic heterocycles. The van der Waals surface area contributed by atoms with Crippen molar-refractivity contribution in [3.8, 4) is 0 Å². The zero-order chi connectivity index (χ0) is 10.8. The third-order valence-electron chi connectivity index (χ3n) is 2.07. The fraction of sp³-hybridized carbons (Fsp3) is 1.00. The molecule has 0 aromatic rings. The first-order chi connectivity index (χ1) is 6.72. The van der Waals surface area contributed by atoms with Crippen molar-refractivity contribution in [3.63, 3.8) is 0 Å². The van der Waals surface area contributed by atoms with Crippen LogP contribution in [-0.2, 0) is 0 Å². The fourth-order valence-corrected chi connectivity index (χ4v) is 2.25. The van der Waals surface area contributed by atoms with Crippen LogP contribution < -0.4 is 4.72 Å². The van der Waals surface area contributed by atoms with Crippen molar-refractivity contribution < 1.29 is 0 Å². The van der Waals surface area contributed by atoms with Crippen molar-refractivity contribution in [1.82, 2.24) is 9.03 Å². The van der Waals surface area contributed by atoms with Gasteiger partial charge in [0.05, 0.1) is 5.37 Å². The van der Waals surface area contributed by atoms with Crippen LogP contribution in [0.5, 0.6) is 0 Å². The van der Waals surface area contributed by atoms with E-state index < -0.39 is 0 Å². The van der Waals surface area contributed by atoms with Gasteiger partial charge in [-0.25, -0.2) is 4.31 Å². The molecule has 0 aliphatic rings. The summed E-state index contributed by atoms with van der Waals surface area (Å²) in [6, 6.07) is 0. The predicted octanol–water partition coefficient (Wildman–Crippen LogP) is 3.32. The van der Waals surface area contributed by atoms with Crippen LogP contribution >= 0.6 is 24.8 Å². The Morgan fingerprint density at radius 3 is 2.43 bits per heavy atom. The van der Waals surface area contributed by atoms with Gasteiger partial charge in [-0.3, -0.25) is 4.72 Å². The summed E-state index contributed by atoms with van der Waals surface area (Å²) in [7, 11) is 2.03. The number of thiol groups is 1. The Morgan fingerprint density at radius 2 is 1.93 bits per heavy atom. The average Bonchev–Trinajstić information content (AvgIpc) is 2.16. The van der Waals surface area contributed by atoms with Crippen LogP contribution in [0.25, 0.3) is 0 Å². The topological polar surface area (TPSA) is 15.3 Å². The summed E-state index contributed by atoms with van der Waals surface area (Å²) in [4.78, 5) is 0. The molecular formula is C10H24N2S2. The van der Waals surface area contributed by atoms with E-state index in [1.807, 2.05) is 23.3 Å². The van der Waals surface area contributed by atoms with Gasteiger partial charge >= 0.3 is 0 Å². The molecule has 0 amide bonds. The highest BCUT2D eigenvalue weighted by Crippen LogP contribution is 2.18. The highest BCUT2D eigenvalue weighted by atomic mass is 32.2. The molecule has 0 aliphatic heterocycles. The first-order valence-electron chi connectivity index (χ1n) is 5.52. The molecule has 0 aliphatic carbocycles. The van der Waals surface area contributed by atoms with Crippen LogP contribution in [0, 0.1) is 0 Å². The van der Waals surface area contributed by atoms with Crippen molar-refractivity contribution in [2.24, 2.45) is 0 Å². The molecular weight excluding hydrogens is 212 g/mol. The maximum atomic E-state index is 4.36. The predicted molar refractivity (Wildman–Crippen MR) is 70.6 cm³/mol. The SMILES string of the molecule is CCCCNSC(CCCC)N(C)S. The molecule has 0 fully saturated rings. The first-order valence-corrected chi connectivity index (χ1v) is 6.80. The van der Waals surface area contributed by atoms with E-state index in [0.717, 1.165) is 6.54 Å². The first kappa shape index (κ1) is 14.6. The summed E-state index contributed by atoms with van der Waals surface area (Å²) in [6.07, 6.45) is 6.25. The van der Waals surface area contributed by atoms with Crippen LogP contribution in [0.15, 0.2) is 0 Å². The maximum absolute atomic E-state index is 4.36. The second-order valence-electron chi connectivity index (χ2n) is 3.54. The standard InChI is InChI=1S/C10H24N2S2/c1-4-6-8-10(12(3)13)14-11-9-7-5-2/h10-11,13H,4-9H2,1-3H3. The van der Waals surface area contributed by atoms with Crippen LogP contribution in [0.4, 0.5) is 0 Å². The van der Waals surface area contributed by atoms with Crippen molar-refractivity contribution >= 4 is 24.8 Å². The zero-order valence-electron chi connectivity index (χ0n) is 9.62. The average molecular weight is 236 g/mol. The summed E-state index contributed by atoms with van der Waals surface area (Å²) < 4.78 is 5.40. The number of hydrogen-bond donors (Lipinski definition) is 2. The smallest absolute Gasteiger partial charge is 0.0794 e. The van der Waals surface area contributed by atoms with Gasteiger partial charge in [-0.05, 0) is 19.9 Å². The van der Waals surface area contributed by atoms with Crippen molar-refractivity contribution in [1.29, 1.82) is 0 Å².